The van der Waals surface area contributed by atoms with E-state index >= 15 is 0 Å². The van der Waals surface area contributed by atoms with Crippen molar-refractivity contribution in [1.82, 2.24) is 15.1 Å². The van der Waals surface area contributed by atoms with Crippen LogP contribution >= 0.6 is 0 Å². The molecule has 3 aliphatic carbocycles. The first-order valence-electron chi connectivity index (χ1n) is 13.3. The van der Waals surface area contributed by atoms with Crippen LogP contribution in [-0.4, -0.2) is 52.8 Å². The number of piperidine rings is 1. The van der Waals surface area contributed by atoms with Gasteiger partial charge in [0.2, 0.25) is 11.8 Å². The van der Waals surface area contributed by atoms with E-state index in [-0.39, 0.29) is 40.8 Å². The fraction of sp³-hybridized carbons (Fsp3) is 0.889. The summed E-state index contributed by atoms with van der Waals surface area (Å²) >= 11 is 0. The Balaban J connectivity index is 1.56. The number of amides is 4. The molecule has 33 heavy (non-hydrogen) atoms. The Hall–Kier alpha value is -1.59. The average molecular weight is 460 g/mol. The molecule has 4 aliphatic rings. The van der Waals surface area contributed by atoms with Crippen molar-refractivity contribution in [2.24, 2.45) is 34.5 Å². The van der Waals surface area contributed by atoms with E-state index in [0.717, 1.165) is 44.9 Å². The van der Waals surface area contributed by atoms with Gasteiger partial charge in [0, 0.05) is 37.5 Å². The van der Waals surface area contributed by atoms with E-state index < -0.39 is 0 Å². The number of hydrogen-bond acceptors (Lipinski definition) is 3. The van der Waals surface area contributed by atoms with Gasteiger partial charge in [0.1, 0.15) is 0 Å². The molecule has 3 saturated carbocycles. The van der Waals surface area contributed by atoms with Gasteiger partial charge in [-0.2, -0.15) is 0 Å². The van der Waals surface area contributed by atoms with E-state index in [1.807, 2.05) is 39.6 Å². The fourth-order valence-electron chi connectivity index (χ4n) is 8.63. The van der Waals surface area contributed by atoms with Crippen molar-refractivity contribution >= 4 is 17.8 Å². The predicted molar refractivity (Wildman–Crippen MR) is 129 cm³/mol. The van der Waals surface area contributed by atoms with Crippen molar-refractivity contribution in [3.8, 4) is 0 Å². The Bertz CT molecular complexity index is 810. The molecule has 0 unspecified atom stereocenters. The Labute approximate surface area is 200 Å². The van der Waals surface area contributed by atoms with Crippen LogP contribution in [0.2, 0.25) is 0 Å². The first kappa shape index (κ1) is 24.5. The molecule has 1 heterocycles. The zero-order valence-electron chi connectivity index (χ0n) is 21.8. The van der Waals surface area contributed by atoms with E-state index in [0.29, 0.717) is 36.1 Å². The second-order valence-electron chi connectivity index (χ2n) is 12.6. The SMILES string of the molecule is CC(C)NC(=O)N(C(=O)[C@H]1CC[C@H]2[C@@H]3CC[C@@H]4N(C)C(=O)CC[C@]4(C)[C@H]3CC[C@]12C)C(C)C. The highest BCUT2D eigenvalue weighted by Crippen LogP contribution is 2.66. The zero-order chi connectivity index (χ0) is 24.3. The third-order valence-electron chi connectivity index (χ3n) is 10.2. The minimum Gasteiger partial charge on any atom is -0.342 e. The van der Waals surface area contributed by atoms with E-state index in [9.17, 15) is 14.4 Å². The summed E-state index contributed by atoms with van der Waals surface area (Å²) in [6, 6.07) is -0.0433. The molecule has 1 saturated heterocycles. The highest BCUT2D eigenvalue weighted by molar-refractivity contribution is 5.96. The van der Waals surface area contributed by atoms with Crippen molar-refractivity contribution < 1.29 is 14.4 Å². The summed E-state index contributed by atoms with van der Waals surface area (Å²) in [6.45, 7) is 12.5. The number of fused-ring (bicyclic) bond motifs is 5. The maximum absolute atomic E-state index is 13.8. The molecule has 0 spiro atoms. The van der Waals surface area contributed by atoms with E-state index in [1.54, 1.807) is 0 Å². The maximum atomic E-state index is 13.8. The number of likely N-dealkylation sites (tertiary alicyclic amines) is 1. The quantitative estimate of drug-likeness (QED) is 0.658. The molecule has 0 aromatic rings. The Morgan fingerprint density at radius 2 is 1.64 bits per heavy atom. The second kappa shape index (κ2) is 8.57. The number of carbonyl (C=O) groups excluding carboxylic acids is 3. The van der Waals surface area contributed by atoms with Crippen LogP contribution in [0.4, 0.5) is 4.79 Å². The molecule has 0 radical (unpaired) electrons. The Morgan fingerprint density at radius 1 is 0.970 bits per heavy atom. The minimum absolute atomic E-state index is 0.00494. The number of nitrogens with zero attached hydrogens (tertiary/aromatic N) is 2. The molecule has 1 N–H and O–H groups in total. The number of hydrogen-bond donors (Lipinski definition) is 1. The van der Waals surface area contributed by atoms with Crippen LogP contribution in [0, 0.1) is 34.5 Å². The molecule has 4 fully saturated rings. The van der Waals surface area contributed by atoms with Crippen LogP contribution in [0.15, 0.2) is 0 Å². The summed E-state index contributed by atoms with van der Waals surface area (Å²) < 4.78 is 0. The van der Waals surface area contributed by atoms with Gasteiger partial charge in [0.25, 0.3) is 0 Å². The third-order valence-corrected chi connectivity index (χ3v) is 10.2. The zero-order valence-corrected chi connectivity index (χ0v) is 21.8. The molecule has 6 nitrogen and oxygen atoms in total. The van der Waals surface area contributed by atoms with Crippen molar-refractivity contribution in [3.05, 3.63) is 0 Å². The molecule has 1 aliphatic heterocycles. The van der Waals surface area contributed by atoms with Gasteiger partial charge in [-0.05, 0) is 101 Å². The summed E-state index contributed by atoms with van der Waals surface area (Å²) in [5.74, 6) is 2.04. The van der Waals surface area contributed by atoms with Gasteiger partial charge in [-0.15, -0.1) is 0 Å². The van der Waals surface area contributed by atoms with Gasteiger partial charge < -0.3 is 10.2 Å². The summed E-state index contributed by atoms with van der Waals surface area (Å²) in [6.07, 6.45) is 8.07. The normalized spacial score (nSPS) is 40.3. The lowest BCUT2D eigenvalue weighted by molar-refractivity contribution is -0.161. The summed E-state index contributed by atoms with van der Waals surface area (Å²) in [7, 11) is 2.00. The third kappa shape index (κ3) is 3.80. The van der Waals surface area contributed by atoms with Crippen molar-refractivity contribution in [2.75, 3.05) is 7.05 Å². The number of carbonyl (C=O) groups is 3. The Kier molecular flexibility index (Phi) is 6.37. The van der Waals surface area contributed by atoms with Gasteiger partial charge in [-0.25, -0.2) is 4.79 Å². The van der Waals surface area contributed by atoms with Crippen molar-refractivity contribution in [3.63, 3.8) is 0 Å². The second-order valence-corrected chi connectivity index (χ2v) is 12.6. The predicted octanol–water partition coefficient (Wildman–Crippen LogP) is 4.82. The Morgan fingerprint density at radius 3 is 2.27 bits per heavy atom. The van der Waals surface area contributed by atoms with Crippen LogP contribution in [-0.2, 0) is 9.59 Å². The number of rotatable bonds is 3. The van der Waals surface area contributed by atoms with E-state index in [2.05, 4.69) is 19.2 Å². The largest absolute Gasteiger partial charge is 0.342 e. The molecule has 0 aromatic heterocycles. The number of nitrogens with one attached hydrogen (secondary N) is 1. The lowest BCUT2D eigenvalue weighted by Gasteiger charge is -2.61. The summed E-state index contributed by atoms with van der Waals surface area (Å²) in [5.41, 5.74) is 0.152. The van der Waals surface area contributed by atoms with Crippen LogP contribution in [0.5, 0.6) is 0 Å². The highest BCUT2D eigenvalue weighted by Gasteiger charge is 2.62. The van der Waals surface area contributed by atoms with Gasteiger partial charge in [-0.1, -0.05) is 13.8 Å². The summed E-state index contributed by atoms with van der Waals surface area (Å²) in [4.78, 5) is 42.7. The number of urea groups is 1. The minimum atomic E-state index is -0.256. The molecular formula is C27H45N3O3. The first-order chi connectivity index (χ1) is 15.4. The van der Waals surface area contributed by atoms with Crippen LogP contribution in [0.3, 0.4) is 0 Å². The van der Waals surface area contributed by atoms with Crippen LogP contribution < -0.4 is 5.32 Å². The van der Waals surface area contributed by atoms with Gasteiger partial charge in [0.15, 0.2) is 0 Å². The lowest BCUT2D eigenvalue weighted by atomic mass is 9.47. The van der Waals surface area contributed by atoms with Gasteiger partial charge in [-0.3, -0.25) is 14.5 Å². The standard InChI is InChI=1S/C27H45N3O3/c1-16(2)28-25(33)30(17(3)4)24(32)21-10-9-19-18-8-11-22-27(6,15-13-23(31)29(22)7)20(18)12-14-26(19,21)5/h16-22H,8-15H2,1-7H3,(H,28,33)/t18-,19-,20-,21+,22-,26-,27+/m0/s1. The first-order valence-corrected chi connectivity index (χ1v) is 13.3. The molecule has 4 amide bonds. The average Bonchev–Trinajstić information content (AvgIpc) is 3.07. The van der Waals surface area contributed by atoms with E-state index in [1.165, 1.54) is 4.90 Å². The van der Waals surface area contributed by atoms with Crippen LogP contribution in [0.1, 0.15) is 92.9 Å². The molecular weight excluding hydrogens is 414 g/mol. The van der Waals surface area contributed by atoms with Crippen LogP contribution in [0.25, 0.3) is 0 Å². The maximum Gasteiger partial charge on any atom is 0.324 e. The molecule has 0 bridgehead atoms. The van der Waals surface area contributed by atoms with Gasteiger partial charge >= 0.3 is 6.03 Å². The molecule has 186 valence electrons. The monoisotopic (exact) mass is 459 g/mol. The van der Waals surface area contributed by atoms with Gasteiger partial charge in [0.05, 0.1) is 0 Å². The van der Waals surface area contributed by atoms with Crippen molar-refractivity contribution in [2.45, 2.75) is 111 Å². The molecule has 6 heteroatoms. The highest BCUT2D eigenvalue weighted by atomic mass is 16.2. The fourth-order valence-corrected chi connectivity index (χ4v) is 8.63. The smallest absolute Gasteiger partial charge is 0.324 e. The molecule has 7 atom stereocenters. The molecule has 4 rings (SSSR count). The van der Waals surface area contributed by atoms with Crippen molar-refractivity contribution in [1.29, 1.82) is 0 Å². The number of imide groups is 1. The summed E-state index contributed by atoms with van der Waals surface area (Å²) in [5, 5.41) is 2.94. The topological polar surface area (TPSA) is 69.7 Å². The lowest BCUT2D eigenvalue weighted by Crippen LogP contribution is -2.61. The molecule has 0 aromatic carbocycles. The van der Waals surface area contributed by atoms with E-state index in [4.69, 9.17) is 0 Å².